The van der Waals surface area contributed by atoms with Crippen LogP contribution in [0, 0.1) is 13.8 Å². The minimum atomic E-state index is -0.722. The van der Waals surface area contributed by atoms with Gasteiger partial charge in [-0.3, -0.25) is 29.5 Å². The summed E-state index contributed by atoms with van der Waals surface area (Å²) in [6.07, 6.45) is 2.57. The molecule has 2 aromatic heterocycles. The van der Waals surface area contributed by atoms with E-state index in [4.69, 9.17) is 28.7 Å². The SMILES string of the molecule is CCOC(=O)CN1[C@H](C)CN(CCCOc2ccc(-c3ccc(N4CCc5cccc(C(=O)Nc6nc7ccccc7s6)c5C4)nc3C(=O)OC(C)(C)C)c(C)c2)C[C@@H]1C.CCOC(=O)CN1[C@H](C)CN(CCCOc2ccc(Br)c(C)c2)C[C@@H]1C. The van der Waals surface area contributed by atoms with Crippen molar-refractivity contribution in [2.45, 2.75) is 132 Å². The number of anilines is 2. The average molecular weight is 1260 g/mol. The molecule has 3 aliphatic heterocycles. The lowest BCUT2D eigenvalue weighted by Gasteiger charge is -2.44. The molecule has 86 heavy (non-hydrogen) atoms. The first-order chi connectivity index (χ1) is 41.2. The van der Waals surface area contributed by atoms with Gasteiger partial charge >= 0.3 is 17.9 Å². The Balaban J connectivity index is 0.000000309. The maximum absolute atomic E-state index is 13.9. The van der Waals surface area contributed by atoms with E-state index in [-0.39, 0.29) is 35.6 Å². The van der Waals surface area contributed by atoms with Crippen molar-refractivity contribution < 1.29 is 42.9 Å². The van der Waals surface area contributed by atoms with Crippen LogP contribution in [0.3, 0.4) is 0 Å². The molecule has 6 aromatic rings. The van der Waals surface area contributed by atoms with Crippen molar-refractivity contribution in [1.82, 2.24) is 29.6 Å². The molecule has 1 N–H and O–H groups in total. The predicted molar refractivity (Wildman–Crippen MR) is 345 cm³/mol. The van der Waals surface area contributed by atoms with Gasteiger partial charge in [0, 0.05) is 92.1 Å². The molecule has 0 saturated carbocycles. The molecule has 19 heteroatoms. The number of piperazine rings is 2. The van der Waals surface area contributed by atoms with Crippen LogP contribution in [-0.2, 0) is 36.8 Å². The maximum Gasteiger partial charge on any atom is 0.358 e. The lowest BCUT2D eigenvalue weighted by Crippen LogP contribution is -2.58. The smallest absolute Gasteiger partial charge is 0.358 e. The van der Waals surface area contributed by atoms with Crippen LogP contribution in [0.25, 0.3) is 21.3 Å². The van der Waals surface area contributed by atoms with Crippen molar-refractivity contribution >= 4 is 72.2 Å². The average Bonchev–Trinajstić information content (AvgIpc) is 1.37. The van der Waals surface area contributed by atoms with Gasteiger partial charge in [-0.2, -0.15) is 0 Å². The van der Waals surface area contributed by atoms with Crippen LogP contribution in [0.4, 0.5) is 10.9 Å². The van der Waals surface area contributed by atoms with Crippen molar-refractivity contribution in [2.75, 3.05) is 95.5 Å². The maximum atomic E-state index is 13.9. The third-order valence-electron chi connectivity index (χ3n) is 15.8. The van der Waals surface area contributed by atoms with Gasteiger partial charge in [-0.05, 0) is 184 Å². The van der Waals surface area contributed by atoms with Gasteiger partial charge in [0.2, 0.25) is 0 Å². The Morgan fingerprint density at radius 1 is 0.686 bits per heavy atom. The van der Waals surface area contributed by atoms with E-state index in [0.717, 1.165) is 107 Å². The van der Waals surface area contributed by atoms with Crippen LogP contribution >= 0.6 is 27.3 Å². The molecule has 1 amide bonds. The number of aryl methyl sites for hydroxylation is 2. The van der Waals surface area contributed by atoms with Gasteiger partial charge in [0.05, 0.1) is 49.7 Å². The number of aromatic nitrogens is 2. The van der Waals surface area contributed by atoms with E-state index in [2.05, 4.69) is 97.5 Å². The number of fused-ring (bicyclic) bond motifs is 2. The number of ether oxygens (including phenoxy) is 5. The number of benzene rings is 4. The molecule has 0 aliphatic carbocycles. The summed E-state index contributed by atoms with van der Waals surface area (Å²) >= 11 is 4.96. The zero-order valence-corrected chi connectivity index (χ0v) is 54.5. The molecule has 9 rings (SSSR count). The number of carbonyl (C=O) groups excluding carboxylic acids is 4. The van der Waals surface area contributed by atoms with Crippen molar-refractivity contribution in [2.24, 2.45) is 0 Å². The number of pyridine rings is 1. The lowest BCUT2D eigenvalue weighted by atomic mass is 9.94. The molecule has 462 valence electrons. The predicted octanol–water partition coefficient (Wildman–Crippen LogP) is 11.6. The van der Waals surface area contributed by atoms with Crippen LogP contribution in [-0.4, -0.2) is 168 Å². The molecule has 0 radical (unpaired) electrons. The van der Waals surface area contributed by atoms with Crippen LogP contribution < -0.4 is 19.7 Å². The second-order valence-electron chi connectivity index (χ2n) is 23.8. The first-order valence-electron chi connectivity index (χ1n) is 30.3. The summed E-state index contributed by atoms with van der Waals surface area (Å²) in [5.41, 5.74) is 6.66. The Morgan fingerprint density at radius 2 is 1.26 bits per heavy atom. The van der Waals surface area contributed by atoms with E-state index >= 15 is 0 Å². The fourth-order valence-corrected chi connectivity index (χ4v) is 12.8. The molecule has 17 nitrogen and oxygen atoms in total. The number of carbonyl (C=O) groups is 4. The lowest BCUT2D eigenvalue weighted by molar-refractivity contribution is -0.147. The fourth-order valence-electron chi connectivity index (χ4n) is 11.7. The first-order valence-corrected chi connectivity index (χ1v) is 31.9. The molecule has 4 atom stereocenters. The topological polar surface area (TPSA) is 168 Å². The first kappa shape index (κ1) is 65.5. The number of para-hydroxylation sites is 1. The number of esters is 3. The third-order valence-corrected chi connectivity index (χ3v) is 17.7. The summed E-state index contributed by atoms with van der Waals surface area (Å²) in [6.45, 7) is 31.6. The second kappa shape index (κ2) is 30.4. The minimum Gasteiger partial charge on any atom is -0.494 e. The standard InChI is InChI=1S/C47H56N6O6S.C20H31BrN2O3/c1-8-57-42(54)29-53-31(3)26-51(27-32(53)4)22-12-24-58-34-17-18-35(30(2)25-34)36-19-20-41(49-43(36)45(56)59-47(5,6)7)52-23-21-33-13-11-14-37(38(33)28-52)44(55)50-46-48-39-15-9-10-16-40(39)60-46;1-5-25-20(24)14-23-16(3)12-22(13-17(23)4)9-6-10-26-18-7-8-19(21)15(2)11-18/h9-11,13-20,25,31-32H,8,12,21-24,26-29H2,1-7H3,(H,48,50,55);7-8,11,16-17H,5-6,9-10,12-14H2,1-4H3/t31-,32+;16-,17+. The third kappa shape index (κ3) is 17.8. The highest BCUT2D eigenvalue weighted by Gasteiger charge is 2.33. The summed E-state index contributed by atoms with van der Waals surface area (Å²) < 4.78 is 30.4. The van der Waals surface area contributed by atoms with Crippen molar-refractivity contribution in [3.8, 4) is 22.6 Å². The molecule has 2 fully saturated rings. The fraction of sp³-hybridized carbons (Fsp3) is 0.493. The molecular weight excluding hydrogens is 1170 g/mol. The highest BCUT2D eigenvalue weighted by molar-refractivity contribution is 9.10. The molecule has 4 aromatic carbocycles. The number of thiazole rings is 1. The number of amides is 1. The van der Waals surface area contributed by atoms with E-state index < -0.39 is 11.6 Å². The van der Waals surface area contributed by atoms with Gasteiger partial charge in [0.15, 0.2) is 10.8 Å². The van der Waals surface area contributed by atoms with Gasteiger partial charge in [-0.15, -0.1) is 0 Å². The van der Waals surface area contributed by atoms with Crippen molar-refractivity contribution in [1.29, 1.82) is 0 Å². The molecule has 0 unspecified atom stereocenters. The monoisotopic (exact) mass is 1260 g/mol. The molecular formula is C67H87BrN8O9S. The Kier molecular flexibility index (Phi) is 23.2. The van der Waals surface area contributed by atoms with Crippen LogP contribution in [0.1, 0.15) is 118 Å². The highest BCUT2D eigenvalue weighted by Crippen LogP contribution is 2.35. The Hall–Kier alpha value is -6.48. The quantitative estimate of drug-likeness (QED) is 0.0410. The molecule has 0 spiro atoms. The number of nitrogens with zero attached hydrogens (tertiary/aromatic N) is 7. The molecule has 3 aliphatic rings. The zero-order valence-electron chi connectivity index (χ0n) is 52.1. The summed E-state index contributed by atoms with van der Waals surface area (Å²) in [5, 5.41) is 3.58. The number of halogens is 1. The molecule has 0 bridgehead atoms. The van der Waals surface area contributed by atoms with Crippen molar-refractivity contribution in [3.05, 3.63) is 129 Å². The second-order valence-corrected chi connectivity index (χ2v) is 25.7. The number of hydrogen-bond donors (Lipinski definition) is 1. The van der Waals surface area contributed by atoms with Crippen LogP contribution in [0.5, 0.6) is 11.5 Å². The van der Waals surface area contributed by atoms with Gasteiger partial charge in [-0.25, -0.2) is 14.8 Å². The van der Waals surface area contributed by atoms with Crippen LogP contribution in [0.15, 0.2) is 95.5 Å². The summed E-state index contributed by atoms with van der Waals surface area (Å²) in [4.78, 5) is 72.5. The Morgan fingerprint density at radius 3 is 1.81 bits per heavy atom. The van der Waals surface area contributed by atoms with Gasteiger partial charge in [0.1, 0.15) is 22.9 Å². The van der Waals surface area contributed by atoms with Gasteiger partial charge in [-0.1, -0.05) is 57.6 Å². The summed E-state index contributed by atoms with van der Waals surface area (Å²) in [6, 6.07) is 30.8. The number of rotatable bonds is 21. The minimum absolute atomic E-state index is 0.127. The van der Waals surface area contributed by atoms with E-state index in [1.165, 1.54) is 16.9 Å². The molecule has 2 saturated heterocycles. The van der Waals surface area contributed by atoms with E-state index in [9.17, 15) is 19.2 Å². The normalized spacial score (nSPS) is 18.6. The summed E-state index contributed by atoms with van der Waals surface area (Å²) in [5.74, 6) is 1.31. The van der Waals surface area contributed by atoms with E-state index in [1.54, 1.807) is 0 Å². The van der Waals surface area contributed by atoms with E-state index in [0.29, 0.717) is 86.8 Å². The number of nitrogens with one attached hydrogen (secondary N) is 1. The van der Waals surface area contributed by atoms with Crippen LogP contribution in [0.2, 0.25) is 0 Å². The van der Waals surface area contributed by atoms with Crippen molar-refractivity contribution in [3.63, 3.8) is 0 Å². The largest absolute Gasteiger partial charge is 0.494 e. The van der Waals surface area contributed by atoms with Gasteiger partial charge < -0.3 is 38.4 Å². The number of hydrogen-bond acceptors (Lipinski definition) is 17. The zero-order chi connectivity index (χ0) is 61.7. The van der Waals surface area contributed by atoms with E-state index in [1.807, 2.05) is 120 Å². The van der Waals surface area contributed by atoms with Gasteiger partial charge in [0.25, 0.3) is 5.91 Å². The summed E-state index contributed by atoms with van der Waals surface area (Å²) in [7, 11) is 0. The Labute approximate surface area is 520 Å². The Bertz CT molecular complexity index is 3240. The molecule has 5 heterocycles. The highest BCUT2D eigenvalue weighted by atomic mass is 79.9.